The van der Waals surface area contributed by atoms with Gasteiger partial charge < -0.3 is 16.3 Å². The maximum Gasteiger partial charge on any atom is 0.173 e. The van der Waals surface area contributed by atoms with Gasteiger partial charge in [0.15, 0.2) is 5.84 Å². The lowest BCUT2D eigenvalue weighted by Crippen LogP contribution is -2.21. The van der Waals surface area contributed by atoms with Crippen molar-refractivity contribution >= 4 is 5.84 Å². The number of halogens is 1. The van der Waals surface area contributed by atoms with Gasteiger partial charge >= 0.3 is 0 Å². The molecule has 2 aromatic rings. The Hall–Kier alpha value is -2.47. The summed E-state index contributed by atoms with van der Waals surface area (Å²) in [5, 5.41) is 14.7. The molecule has 0 amide bonds. The minimum Gasteiger partial charge on any atom is -0.409 e. The van der Waals surface area contributed by atoms with Crippen molar-refractivity contribution in [3.05, 3.63) is 65.2 Å². The number of nitrogens with two attached hydrogens (primary N) is 1. The van der Waals surface area contributed by atoms with Crippen molar-refractivity contribution in [2.45, 2.75) is 19.5 Å². The van der Waals surface area contributed by atoms with Crippen LogP contribution in [0.3, 0.4) is 0 Å². The van der Waals surface area contributed by atoms with Gasteiger partial charge in [-0.1, -0.05) is 23.4 Å². The Labute approximate surface area is 122 Å². The van der Waals surface area contributed by atoms with Crippen molar-refractivity contribution < 1.29 is 9.60 Å². The van der Waals surface area contributed by atoms with Gasteiger partial charge in [0.25, 0.3) is 0 Å². The average molecular weight is 288 g/mol. The van der Waals surface area contributed by atoms with E-state index >= 15 is 0 Å². The lowest BCUT2D eigenvalue weighted by molar-refractivity contribution is 0.318. The first-order chi connectivity index (χ1) is 10.1. The van der Waals surface area contributed by atoms with E-state index in [0.717, 1.165) is 5.56 Å². The molecule has 0 saturated carbocycles. The van der Waals surface area contributed by atoms with Crippen LogP contribution in [0, 0.1) is 5.82 Å². The number of oxime groups is 1. The van der Waals surface area contributed by atoms with Gasteiger partial charge in [0.05, 0.1) is 5.56 Å². The molecule has 110 valence electrons. The fraction of sp³-hybridized carbons (Fsp3) is 0.200. The van der Waals surface area contributed by atoms with Crippen molar-refractivity contribution in [3.63, 3.8) is 0 Å². The van der Waals surface area contributed by atoms with E-state index in [9.17, 15) is 4.39 Å². The van der Waals surface area contributed by atoms with Gasteiger partial charge in [-0.3, -0.25) is 4.98 Å². The van der Waals surface area contributed by atoms with Crippen LogP contribution in [0.25, 0.3) is 0 Å². The second kappa shape index (κ2) is 6.81. The Morgan fingerprint density at radius 1 is 1.43 bits per heavy atom. The van der Waals surface area contributed by atoms with Crippen LogP contribution >= 0.6 is 0 Å². The number of hydrogen-bond acceptors (Lipinski definition) is 4. The Kier molecular flexibility index (Phi) is 4.84. The molecule has 0 fully saturated rings. The molecule has 1 aromatic carbocycles. The standard InChI is InChI=1S/C15H17FN4O/c1-10(11-5-3-7-18-8-11)19-9-12-4-2-6-13(14(12)16)15(17)20-21/h2-8,10,19,21H,9H2,1H3,(H2,17,20). The van der Waals surface area contributed by atoms with Gasteiger partial charge in [-0.25, -0.2) is 4.39 Å². The number of hydrogen-bond donors (Lipinski definition) is 3. The van der Waals surface area contributed by atoms with Crippen LogP contribution in [-0.4, -0.2) is 16.0 Å². The Morgan fingerprint density at radius 3 is 2.90 bits per heavy atom. The molecule has 1 unspecified atom stereocenters. The van der Waals surface area contributed by atoms with Crippen LogP contribution in [0.4, 0.5) is 4.39 Å². The van der Waals surface area contributed by atoms with Crippen LogP contribution in [0.2, 0.25) is 0 Å². The number of pyridine rings is 1. The Bertz CT molecular complexity index is 631. The molecule has 0 aliphatic rings. The minimum absolute atomic E-state index is 0.0330. The summed E-state index contributed by atoms with van der Waals surface area (Å²) in [6.07, 6.45) is 3.47. The SMILES string of the molecule is CC(NCc1cccc(/C(N)=N/O)c1F)c1cccnc1. The van der Waals surface area contributed by atoms with Crippen molar-refractivity contribution in [2.24, 2.45) is 10.9 Å². The van der Waals surface area contributed by atoms with Crippen molar-refractivity contribution in [1.82, 2.24) is 10.3 Å². The van der Waals surface area contributed by atoms with Gasteiger partial charge in [0.2, 0.25) is 0 Å². The van der Waals surface area contributed by atoms with Crippen LogP contribution < -0.4 is 11.1 Å². The quantitative estimate of drug-likeness (QED) is 0.341. The molecule has 0 radical (unpaired) electrons. The molecule has 1 heterocycles. The van der Waals surface area contributed by atoms with Crippen LogP contribution in [0.15, 0.2) is 47.9 Å². The zero-order valence-electron chi connectivity index (χ0n) is 11.6. The number of rotatable bonds is 5. The number of nitrogens with one attached hydrogen (secondary N) is 1. The summed E-state index contributed by atoms with van der Waals surface area (Å²) in [5.74, 6) is -0.728. The first-order valence-corrected chi connectivity index (χ1v) is 6.52. The molecule has 6 heteroatoms. The third kappa shape index (κ3) is 3.55. The third-order valence-corrected chi connectivity index (χ3v) is 3.25. The number of amidine groups is 1. The molecule has 1 atom stereocenters. The molecule has 0 saturated heterocycles. The zero-order chi connectivity index (χ0) is 15.2. The van der Waals surface area contributed by atoms with Gasteiger partial charge in [-0.05, 0) is 24.6 Å². The fourth-order valence-electron chi connectivity index (χ4n) is 1.98. The van der Waals surface area contributed by atoms with E-state index < -0.39 is 5.82 Å². The molecule has 0 bridgehead atoms. The fourth-order valence-corrected chi connectivity index (χ4v) is 1.98. The van der Waals surface area contributed by atoms with E-state index in [1.165, 1.54) is 6.07 Å². The van der Waals surface area contributed by atoms with Crippen LogP contribution in [-0.2, 0) is 6.54 Å². The molecular formula is C15H17FN4O. The predicted octanol–water partition coefficient (Wildman–Crippen LogP) is 2.17. The highest BCUT2D eigenvalue weighted by atomic mass is 19.1. The average Bonchev–Trinajstić information content (AvgIpc) is 2.53. The second-order valence-electron chi connectivity index (χ2n) is 4.65. The van der Waals surface area contributed by atoms with Gasteiger partial charge in [-0.15, -0.1) is 0 Å². The van der Waals surface area contributed by atoms with Crippen molar-refractivity contribution in [2.75, 3.05) is 0 Å². The molecule has 21 heavy (non-hydrogen) atoms. The topological polar surface area (TPSA) is 83.5 Å². The summed E-state index contributed by atoms with van der Waals surface area (Å²) < 4.78 is 14.2. The number of benzene rings is 1. The molecule has 1 aromatic heterocycles. The maximum absolute atomic E-state index is 14.2. The molecule has 0 aliphatic heterocycles. The molecule has 0 spiro atoms. The molecule has 0 aliphatic carbocycles. The summed E-state index contributed by atoms with van der Waals surface area (Å²) in [6.45, 7) is 2.30. The molecule has 4 N–H and O–H groups in total. The highest BCUT2D eigenvalue weighted by molar-refractivity contribution is 5.97. The van der Waals surface area contributed by atoms with Crippen LogP contribution in [0.5, 0.6) is 0 Å². The normalized spacial score (nSPS) is 13.1. The van der Waals surface area contributed by atoms with E-state index in [2.05, 4.69) is 15.5 Å². The number of aromatic nitrogens is 1. The van der Waals surface area contributed by atoms with Crippen molar-refractivity contribution in [1.29, 1.82) is 0 Å². The van der Waals surface area contributed by atoms with Crippen molar-refractivity contribution in [3.8, 4) is 0 Å². The summed E-state index contributed by atoms with van der Waals surface area (Å²) in [6, 6.07) is 8.64. The minimum atomic E-state index is -0.487. The predicted molar refractivity (Wildman–Crippen MR) is 78.4 cm³/mol. The lowest BCUT2D eigenvalue weighted by Gasteiger charge is -2.15. The Balaban J connectivity index is 2.11. The van der Waals surface area contributed by atoms with E-state index in [4.69, 9.17) is 10.9 Å². The van der Waals surface area contributed by atoms with E-state index in [1.807, 2.05) is 19.1 Å². The van der Waals surface area contributed by atoms with Gasteiger partial charge in [-0.2, -0.15) is 0 Å². The first kappa shape index (κ1) is 14.9. The maximum atomic E-state index is 14.2. The van der Waals surface area contributed by atoms with E-state index in [0.29, 0.717) is 12.1 Å². The second-order valence-corrected chi connectivity index (χ2v) is 4.65. The zero-order valence-corrected chi connectivity index (χ0v) is 11.6. The largest absolute Gasteiger partial charge is 0.409 e. The summed E-state index contributed by atoms with van der Waals surface area (Å²) in [4.78, 5) is 4.05. The van der Waals surface area contributed by atoms with Crippen LogP contribution in [0.1, 0.15) is 29.7 Å². The Morgan fingerprint density at radius 2 is 2.24 bits per heavy atom. The number of nitrogens with zero attached hydrogens (tertiary/aromatic N) is 2. The third-order valence-electron chi connectivity index (χ3n) is 3.25. The monoisotopic (exact) mass is 288 g/mol. The molecule has 2 rings (SSSR count). The molecular weight excluding hydrogens is 271 g/mol. The summed E-state index contributed by atoms with van der Waals surface area (Å²) >= 11 is 0. The van der Waals surface area contributed by atoms with Gasteiger partial charge in [0, 0.05) is 30.5 Å². The first-order valence-electron chi connectivity index (χ1n) is 6.52. The summed E-state index contributed by atoms with van der Waals surface area (Å²) in [7, 11) is 0. The van der Waals surface area contributed by atoms with E-state index in [-0.39, 0.29) is 17.4 Å². The molecule has 5 nitrogen and oxygen atoms in total. The van der Waals surface area contributed by atoms with E-state index in [1.54, 1.807) is 24.5 Å². The highest BCUT2D eigenvalue weighted by Crippen LogP contribution is 2.15. The highest BCUT2D eigenvalue weighted by Gasteiger charge is 2.12. The summed E-state index contributed by atoms with van der Waals surface area (Å²) in [5.41, 5.74) is 7.00. The lowest BCUT2D eigenvalue weighted by atomic mass is 10.1. The van der Waals surface area contributed by atoms with Gasteiger partial charge in [0.1, 0.15) is 5.82 Å². The smallest absolute Gasteiger partial charge is 0.173 e.